The molecular weight excluding hydrogens is 448 g/mol. The van der Waals surface area contributed by atoms with Crippen molar-refractivity contribution in [3.05, 3.63) is 30.3 Å². The van der Waals surface area contributed by atoms with E-state index in [4.69, 9.17) is 14.6 Å². The highest BCUT2D eigenvalue weighted by atomic mass is 32.2. The van der Waals surface area contributed by atoms with E-state index in [9.17, 15) is 22.8 Å². The molecule has 1 N–H and O–H groups in total. The topological polar surface area (TPSA) is 124 Å². The largest absolute Gasteiger partial charge is 0.481 e. The maximum atomic E-state index is 12.0. The number of methoxy groups -OCH3 is 2. The van der Waals surface area contributed by atoms with E-state index in [1.54, 1.807) is 30.3 Å². The number of carbonyl (C=O) groups is 3. The lowest BCUT2D eigenvalue weighted by Gasteiger charge is -2.13. The number of rotatable bonds is 12. The van der Waals surface area contributed by atoms with Gasteiger partial charge in [0.05, 0.1) is 29.3 Å². The van der Waals surface area contributed by atoms with Crippen LogP contribution in [0.4, 0.5) is 0 Å². The van der Waals surface area contributed by atoms with Gasteiger partial charge in [-0.2, -0.15) is 0 Å². The van der Waals surface area contributed by atoms with Gasteiger partial charge in [-0.25, -0.2) is 8.42 Å². The number of ketones is 2. The minimum absolute atomic E-state index is 0. The van der Waals surface area contributed by atoms with Crippen molar-refractivity contribution < 1.29 is 37.4 Å². The van der Waals surface area contributed by atoms with E-state index in [0.717, 1.165) is 0 Å². The molecule has 1 rings (SSSR count). The molecule has 2 unspecified atom stereocenters. The molecule has 1 aromatic rings. The van der Waals surface area contributed by atoms with Gasteiger partial charge in [-0.3, -0.25) is 14.4 Å². The van der Waals surface area contributed by atoms with Crippen LogP contribution in [0.3, 0.4) is 0 Å². The lowest BCUT2D eigenvalue weighted by atomic mass is 10.1. The second-order valence-electron chi connectivity index (χ2n) is 6.55. The number of hydrogen-bond acceptors (Lipinski definition) is 7. The third kappa shape index (κ3) is 20.3. The number of sulfone groups is 1. The number of Topliss-reactive ketones (excluding diaryl/α,β-unsaturated/α-hetero) is 2. The highest BCUT2D eigenvalue weighted by Gasteiger charge is 2.18. The third-order valence-corrected chi connectivity index (χ3v) is 5.67. The number of benzene rings is 1. The van der Waals surface area contributed by atoms with Crippen molar-refractivity contribution in [3.63, 3.8) is 0 Å². The summed E-state index contributed by atoms with van der Waals surface area (Å²) in [6.07, 6.45) is -0.182. The summed E-state index contributed by atoms with van der Waals surface area (Å²) in [6.45, 7) is 2.88. The molecule has 0 heterocycles. The fourth-order valence-corrected chi connectivity index (χ4v) is 3.79. The Hall–Kier alpha value is -2.10. The molecule has 0 saturated carbocycles. The Morgan fingerprint density at radius 3 is 1.61 bits per heavy atom. The van der Waals surface area contributed by atoms with Crippen LogP contribution in [0.2, 0.25) is 0 Å². The zero-order valence-electron chi connectivity index (χ0n) is 17.3. The van der Waals surface area contributed by atoms with Gasteiger partial charge < -0.3 is 14.6 Å². The van der Waals surface area contributed by atoms with Gasteiger partial charge in [0.15, 0.2) is 9.84 Å². The van der Waals surface area contributed by atoms with Crippen molar-refractivity contribution >= 4 is 27.4 Å². The first-order valence-electron chi connectivity index (χ1n) is 9.05. The molecule has 33 heavy (non-hydrogen) atoms. The molecular formula is C24H46O8S. The zero-order chi connectivity index (χ0) is 22.4. The summed E-state index contributed by atoms with van der Waals surface area (Å²) in [5.74, 6) is -1.02. The summed E-state index contributed by atoms with van der Waals surface area (Å²) >= 11 is 0. The third-order valence-electron chi connectivity index (χ3n) is 3.91. The van der Waals surface area contributed by atoms with E-state index in [0.29, 0.717) is 11.3 Å². The first-order valence-corrected chi connectivity index (χ1v) is 10.7. The van der Waals surface area contributed by atoms with Crippen molar-refractivity contribution in [1.29, 1.82) is 0 Å². The lowest BCUT2D eigenvalue weighted by Crippen LogP contribution is -2.19. The van der Waals surface area contributed by atoms with Gasteiger partial charge in [-0.1, -0.05) is 47.9 Å². The molecule has 0 aliphatic rings. The summed E-state index contributed by atoms with van der Waals surface area (Å²) in [5, 5.41) is 8.34. The first kappa shape index (κ1) is 41.2. The van der Waals surface area contributed by atoms with Crippen molar-refractivity contribution in [2.24, 2.45) is 0 Å². The quantitative estimate of drug-likeness (QED) is 0.437. The first-order chi connectivity index (χ1) is 13.5. The van der Waals surface area contributed by atoms with Crippen LogP contribution in [0.15, 0.2) is 35.2 Å². The fraction of sp³-hybridized carbons (Fsp3) is 0.625. The van der Waals surface area contributed by atoms with Crippen LogP contribution in [0, 0.1) is 0 Å². The van der Waals surface area contributed by atoms with Crippen molar-refractivity contribution in [1.82, 2.24) is 0 Å². The summed E-state index contributed by atoms with van der Waals surface area (Å²) in [4.78, 5) is 32.0. The predicted octanol–water partition coefficient (Wildman–Crippen LogP) is 4.84. The number of aliphatic carboxylic acids is 1. The molecule has 0 aliphatic carbocycles. The average Bonchev–Trinajstić information content (AvgIpc) is 2.64. The van der Waals surface area contributed by atoms with Crippen LogP contribution in [0.5, 0.6) is 0 Å². The molecule has 0 aliphatic heterocycles. The van der Waals surface area contributed by atoms with Gasteiger partial charge in [0.1, 0.15) is 11.6 Å². The second-order valence-corrected chi connectivity index (χ2v) is 8.66. The number of carbonyl (C=O) groups excluding carboxylic acids is 2. The Labute approximate surface area is 201 Å². The van der Waals surface area contributed by atoms with E-state index < -0.39 is 21.9 Å². The maximum Gasteiger partial charge on any atom is 0.305 e. The SMILES string of the molecule is C.C.C.C.COC(CC(C)=O)CC(=O)O.COC(CCS(=O)(=O)c1ccccc1)CC(C)=O. The fourth-order valence-electron chi connectivity index (χ4n) is 2.41. The van der Waals surface area contributed by atoms with E-state index in [-0.39, 0.29) is 72.4 Å². The molecule has 0 aromatic heterocycles. The normalized spacial score (nSPS) is 11.4. The van der Waals surface area contributed by atoms with Gasteiger partial charge in [0, 0.05) is 27.1 Å². The van der Waals surface area contributed by atoms with Crippen molar-refractivity contribution in [2.45, 2.75) is 86.3 Å². The van der Waals surface area contributed by atoms with Crippen LogP contribution >= 0.6 is 0 Å². The summed E-state index contributed by atoms with van der Waals surface area (Å²) < 4.78 is 33.9. The molecule has 0 amide bonds. The number of carboxylic acids is 1. The highest BCUT2D eigenvalue weighted by molar-refractivity contribution is 7.91. The predicted molar refractivity (Wildman–Crippen MR) is 134 cm³/mol. The van der Waals surface area contributed by atoms with Gasteiger partial charge in [0.2, 0.25) is 0 Å². The lowest BCUT2D eigenvalue weighted by molar-refractivity contribution is -0.140. The van der Waals surface area contributed by atoms with Crippen molar-refractivity contribution in [2.75, 3.05) is 20.0 Å². The Bertz CT molecular complexity index is 729. The number of carboxylic acid groups (broad SMARTS) is 1. The molecule has 2 atom stereocenters. The van der Waals surface area contributed by atoms with E-state index in [1.165, 1.54) is 28.1 Å². The van der Waals surface area contributed by atoms with E-state index >= 15 is 0 Å². The van der Waals surface area contributed by atoms with Crippen LogP contribution in [0.25, 0.3) is 0 Å². The molecule has 1 aromatic carbocycles. The Kier molecular flexibility index (Phi) is 27.1. The van der Waals surface area contributed by atoms with Gasteiger partial charge in [-0.15, -0.1) is 0 Å². The Morgan fingerprint density at radius 1 is 0.818 bits per heavy atom. The van der Waals surface area contributed by atoms with Gasteiger partial charge in [0.25, 0.3) is 0 Å². The smallest absolute Gasteiger partial charge is 0.305 e. The number of hydrogen-bond donors (Lipinski definition) is 1. The zero-order valence-corrected chi connectivity index (χ0v) is 18.1. The van der Waals surface area contributed by atoms with Crippen LogP contribution in [-0.4, -0.2) is 63.2 Å². The van der Waals surface area contributed by atoms with Gasteiger partial charge in [-0.05, 0) is 32.4 Å². The summed E-state index contributed by atoms with van der Waals surface area (Å²) in [6, 6.07) is 8.30. The molecule has 0 radical (unpaired) electrons. The Balaban J connectivity index is -0.000000154. The standard InChI is InChI=1S/C13H18O4S.C7H12O4.4CH4/c1-11(14)10-12(17-2)8-9-18(15,16)13-6-4-3-5-7-13;1-5(8)3-6(11-2)4-7(9)10;;;;/h3-7,12H,8-10H2,1-2H3;6H,3-4H2,1-2H3,(H,9,10);4*1H4. The molecule has 9 heteroatoms. The van der Waals surface area contributed by atoms with Crippen LogP contribution < -0.4 is 0 Å². The minimum Gasteiger partial charge on any atom is -0.481 e. The molecule has 8 nitrogen and oxygen atoms in total. The van der Waals surface area contributed by atoms with E-state index in [2.05, 4.69) is 0 Å². The maximum absolute atomic E-state index is 12.0. The average molecular weight is 495 g/mol. The number of ether oxygens (including phenoxy) is 2. The van der Waals surface area contributed by atoms with E-state index in [1.807, 2.05) is 0 Å². The molecule has 0 spiro atoms. The second kappa shape index (κ2) is 21.7. The highest BCUT2D eigenvalue weighted by Crippen LogP contribution is 2.14. The Morgan fingerprint density at radius 2 is 1.24 bits per heavy atom. The van der Waals surface area contributed by atoms with Crippen LogP contribution in [0.1, 0.15) is 69.2 Å². The molecule has 0 saturated heterocycles. The monoisotopic (exact) mass is 494 g/mol. The molecule has 196 valence electrons. The van der Waals surface area contributed by atoms with Gasteiger partial charge >= 0.3 is 5.97 Å². The summed E-state index contributed by atoms with van der Waals surface area (Å²) in [5.41, 5.74) is 0. The van der Waals surface area contributed by atoms with Crippen LogP contribution in [-0.2, 0) is 33.7 Å². The molecule has 0 bridgehead atoms. The minimum atomic E-state index is -3.29. The van der Waals surface area contributed by atoms with Crippen molar-refractivity contribution in [3.8, 4) is 0 Å². The summed E-state index contributed by atoms with van der Waals surface area (Å²) in [7, 11) is -0.404. The molecule has 0 fully saturated rings.